The molecule has 5 rings (SSSR count). The predicted molar refractivity (Wildman–Crippen MR) is 143 cm³/mol. The summed E-state index contributed by atoms with van der Waals surface area (Å²) in [5.74, 6) is 0.202. The largest absolute Gasteiger partial charge is 0.507 e. The molecule has 3 aromatic rings. The lowest BCUT2D eigenvalue weighted by Gasteiger charge is -2.26. The number of hydrogen-bond donors (Lipinski definition) is 1. The van der Waals surface area contributed by atoms with E-state index in [4.69, 9.17) is 14.2 Å². The average Bonchev–Trinajstić information content (AvgIpc) is 3.21. The van der Waals surface area contributed by atoms with E-state index < -0.39 is 17.7 Å². The summed E-state index contributed by atoms with van der Waals surface area (Å²) >= 11 is 0. The number of carbonyl (C=O) groups excluding carboxylic acids is 2. The minimum absolute atomic E-state index is 0.0550. The topological polar surface area (TPSA) is 85.3 Å². The van der Waals surface area contributed by atoms with Crippen LogP contribution >= 0.6 is 0 Å². The maximum absolute atomic E-state index is 13.4. The van der Waals surface area contributed by atoms with Crippen LogP contribution in [0.3, 0.4) is 0 Å². The van der Waals surface area contributed by atoms with Crippen molar-refractivity contribution in [3.05, 3.63) is 95.1 Å². The number of fused-ring (bicyclic) bond motifs is 1. The first-order valence-electron chi connectivity index (χ1n) is 13.0. The van der Waals surface area contributed by atoms with Gasteiger partial charge in [-0.15, -0.1) is 0 Å². The van der Waals surface area contributed by atoms with Crippen LogP contribution in [0.15, 0.2) is 78.4 Å². The highest BCUT2D eigenvalue weighted by Gasteiger charge is 2.46. The van der Waals surface area contributed by atoms with Gasteiger partial charge >= 0.3 is 0 Å². The molecule has 2 aliphatic heterocycles. The standard InChI is InChI=1S/C31H31NO6/c1-2-3-17-36-24-12-9-22(10-13-24)28-27(29(33)23-11-14-25-26(20-23)38-19-18-37-25)30(34)31(35)32(28)16-15-21-7-5-4-6-8-21/h4-14,20,28,33H,2-3,15-19H2,1H3/b29-27+/t28-/m1/s1. The molecule has 0 aliphatic carbocycles. The molecule has 2 heterocycles. The van der Waals surface area contributed by atoms with Crippen molar-refractivity contribution in [2.45, 2.75) is 32.2 Å². The van der Waals surface area contributed by atoms with Crippen molar-refractivity contribution in [1.82, 2.24) is 4.90 Å². The summed E-state index contributed by atoms with van der Waals surface area (Å²) in [5.41, 5.74) is 2.22. The Kier molecular flexibility index (Phi) is 7.63. The molecule has 1 amide bonds. The lowest BCUT2D eigenvalue weighted by Crippen LogP contribution is -2.31. The van der Waals surface area contributed by atoms with Crippen molar-refractivity contribution in [1.29, 1.82) is 0 Å². The lowest BCUT2D eigenvalue weighted by atomic mass is 9.95. The Balaban J connectivity index is 1.52. The van der Waals surface area contributed by atoms with Gasteiger partial charge in [0.2, 0.25) is 0 Å². The first-order valence-corrected chi connectivity index (χ1v) is 13.0. The molecule has 1 saturated heterocycles. The summed E-state index contributed by atoms with van der Waals surface area (Å²) in [6, 6.07) is 21.5. The molecule has 1 fully saturated rings. The van der Waals surface area contributed by atoms with E-state index in [9.17, 15) is 14.7 Å². The van der Waals surface area contributed by atoms with Gasteiger partial charge in [-0.1, -0.05) is 55.8 Å². The minimum Gasteiger partial charge on any atom is -0.507 e. The summed E-state index contributed by atoms with van der Waals surface area (Å²) in [6.45, 7) is 3.89. The zero-order valence-corrected chi connectivity index (χ0v) is 21.4. The number of Topliss-reactive ketones (excluding diaryl/α,β-unsaturated/α-hetero) is 1. The number of amides is 1. The molecule has 38 heavy (non-hydrogen) atoms. The predicted octanol–water partition coefficient (Wildman–Crippen LogP) is 5.30. The van der Waals surface area contributed by atoms with Crippen LogP contribution in [-0.4, -0.2) is 48.1 Å². The molecule has 7 nitrogen and oxygen atoms in total. The van der Waals surface area contributed by atoms with Gasteiger partial charge in [-0.3, -0.25) is 9.59 Å². The fourth-order valence-electron chi connectivity index (χ4n) is 4.78. The van der Waals surface area contributed by atoms with Crippen LogP contribution in [0.2, 0.25) is 0 Å². The summed E-state index contributed by atoms with van der Waals surface area (Å²) in [6.07, 6.45) is 2.57. The van der Waals surface area contributed by atoms with Gasteiger partial charge in [0, 0.05) is 12.1 Å². The lowest BCUT2D eigenvalue weighted by molar-refractivity contribution is -0.139. The number of aliphatic hydroxyl groups excluding tert-OH is 1. The number of unbranched alkanes of at least 4 members (excludes halogenated alkanes) is 1. The van der Waals surface area contributed by atoms with Crippen molar-refractivity contribution in [3.63, 3.8) is 0 Å². The van der Waals surface area contributed by atoms with Gasteiger partial charge in [0.15, 0.2) is 11.5 Å². The number of benzene rings is 3. The minimum atomic E-state index is -0.739. The van der Waals surface area contributed by atoms with Crippen LogP contribution in [0.1, 0.15) is 42.5 Å². The van der Waals surface area contributed by atoms with Gasteiger partial charge < -0.3 is 24.2 Å². The summed E-state index contributed by atoms with van der Waals surface area (Å²) < 4.78 is 17.0. The van der Waals surface area contributed by atoms with Crippen molar-refractivity contribution < 1.29 is 28.9 Å². The van der Waals surface area contributed by atoms with E-state index in [-0.39, 0.29) is 11.3 Å². The summed E-state index contributed by atoms with van der Waals surface area (Å²) in [7, 11) is 0. The van der Waals surface area contributed by atoms with Gasteiger partial charge in [0.1, 0.15) is 24.7 Å². The second-order valence-corrected chi connectivity index (χ2v) is 9.36. The van der Waals surface area contributed by atoms with E-state index in [1.54, 1.807) is 23.1 Å². The number of rotatable bonds is 9. The first kappa shape index (κ1) is 25.4. The Morgan fingerprint density at radius 3 is 2.45 bits per heavy atom. The van der Waals surface area contributed by atoms with Crippen molar-refractivity contribution >= 4 is 17.4 Å². The molecule has 0 saturated carbocycles. The third-order valence-corrected chi connectivity index (χ3v) is 6.80. The van der Waals surface area contributed by atoms with Crippen LogP contribution < -0.4 is 14.2 Å². The Morgan fingerprint density at radius 1 is 0.974 bits per heavy atom. The van der Waals surface area contributed by atoms with Crippen molar-refractivity contribution in [2.24, 2.45) is 0 Å². The van der Waals surface area contributed by atoms with E-state index in [2.05, 4.69) is 6.92 Å². The van der Waals surface area contributed by atoms with Crippen LogP contribution in [0.5, 0.6) is 17.2 Å². The third kappa shape index (κ3) is 5.23. The SMILES string of the molecule is CCCCOc1ccc([C@@H]2/C(=C(\O)c3ccc4c(c3)OCCO4)C(=O)C(=O)N2CCc2ccccc2)cc1. The highest BCUT2D eigenvalue weighted by Crippen LogP contribution is 2.41. The molecule has 196 valence electrons. The molecule has 1 atom stereocenters. The smallest absolute Gasteiger partial charge is 0.295 e. The molecule has 0 unspecified atom stereocenters. The molecule has 2 aliphatic rings. The molecule has 7 heteroatoms. The zero-order valence-electron chi connectivity index (χ0n) is 21.4. The quantitative estimate of drug-likeness (QED) is 0.181. The monoisotopic (exact) mass is 513 g/mol. The van der Waals surface area contributed by atoms with Gasteiger partial charge in [-0.05, 0) is 54.3 Å². The second-order valence-electron chi connectivity index (χ2n) is 9.36. The number of likely N-dealkylation sites (tertiary alicyclic amines) is 1. The van der Waals surface area contributed by atoms with Crippen LogP contribution in [-0.2, 0) is 16.0 Å². The van der Waals surface area contributed by atoms with E-state index >= 15 is 0 Å². The average molecular weight is 514 g/mol. The summed E-state index contributed by atoms with van der Waals surface area (Å²) in [4.78, 5) is 28.2. The van der Waals surface area contributed by atoms with Gasteiger partial charge in [0.25, 0.3) is 11.7 Å². The normalized spacial score (nSPS) is 18.0. The Bertz CT molecular complexity index is 1330. The maximum atomic E-state index is 13.4. The number of carbonyl (C=O) groups is 2. The molecule has 0 spiro atoms. The number of hydrogen-bond acceptors (Lipinski definition) is 6. The van der Waals surface area contributed by atoms with Crippen molar-refractivity contribution in [2.75, 3.05) is 26.4 Å². The first-order chi connectivity index (χ1) is 18.6. The fourth-order valence-corrected chi connectivity index (χ4v) is 4.78. The molecule has 0 bridgehead atoms. The van der Waals surface area contributed by atoms with E-state index in [1.807, 2.05) is 54.6 Å². The highest BCUT2D eigenvalue weighted by molar-refractivity contribution is 6.46. The highest BCUT2D eigenvalue weighted by atomic mass is 16.6. The molecule has 0 aromatic heterocycles. The molecule has 0 radical (unpaired) electrons. The molecular formula is C31H31NO6. The molecular weight excluding hydrogens is 482 g/mol. The Morgan fingerprint density at radius 2 is 1.71 bits per heavy atom. The third-order valence-electron chi connectivity index (χ3n) is 6.80. The van der Waals surface area contributed by atoms with Gasteiger partial charge in [0.05, 0.1) is 18.2 Å². The number of ketones is 1. The van der Waals surface area contributed by atoms with Gasteiger partial charge in [-0.25, -0.2) is 0 Å². The van der Waals surface area contributed by atoms with Crippen LogP contribution in [0.4, 0.5) is 0 Å². The number of aliphatic hydroxyl groups is 1. The molecule has 3 aromatic carbocycles. The molecule has 1 N–H and O–H groups in total. The van der Waals surface area contributed by atoms with Crippen molar-refractivity contribution in [3.8, 4) is 17.2 Å². The fraction of sp³-hybridized carbons (Fsp3) is 0.290. The second kappa shape index (κ2) is 11.4. The van der Waals surface area contributed by atoms with Crippen LogP contribution in [0, 0.1) is 0 Å². The van der Waals surface area contributed by atoms with E-state index in [0.29, 0.717) is 49.8 Å². The van der Waals surface area contributed by atoms with Crippen LogP contribution in [0.25, 0.3) is 5.76 Å². The summed E-state index contributed by atoms with van der Waals surface area (Å²) in [5, 5.41) is 11.4. The maximum Gasteiger partial charge on any atom is 0.295 e. The number of ether oxygens (including phenoxy) is 3. The van der Waals surface area contributed by atoms with Gasteiger partial charge in [-0.2, -0.15) is 0 Å². The Hall–Kier alpha value is -4.26. The number of nitrogens with zero attached hydrogens (tertiary/aromatic N) is 1. The van der Waals surface area contributed by atoms with E-state index in [1.165, 1.54) is 0 Å². The van der Waals surface area contributed by atoms with E-state index in [0.717, 1.165) is 29.7 Å². The zero-order chi connectivity index (χ0) is 26.5. The Labute approximate surface area is 222 Å².